The molecule has 3 N–H and O–H groups in total. The van der Waals surface area contributed by atoms with E-state index in [0.717, 1.165) is 22.6 Å². The van der Waals surface area contributed by atoms with E-state index >= 15 is 0 Å². The van der Waals surface area contributed by atoms with Crippen molar-refractivity contribution in [2.24, 2.45) is 0 Å². The number of hydrogen-bond acceptors (Lipinski definition) is 5. The molecule has 0 unspecified atom stereocenters. The number of nitrogens with zero attached hydrogens (tertiary/aromatic N) is 3. The van der Waals surface area contributed by atoms with Crippen LogP contribution in [-0.4, -0.2) is 15.0 Å². The zero-order valence-corrected chi connectivity index (χ0v) is 9.94. The Morgan fingerprint density at radius 3 is 2.82 bits per heavy atom. The fourth-order valence-corrected chi connectivity index (χ4v) is 1.51. The van der Waals surface area contributed by atoms with Crippen LogP contribution >= 0.6 is 0 Å². The summed E-state index contributed by atoms with van der Waals surface area (Å²) in [6.07, 6.45) is 3.24. The van der Waals surface area contributed by atoms with Gasteiger partial charge in [-0.15, -0.1) is 0 Å². The van der Waals surface area contributed by atoms with Crippen LogP contribution < -0.4 is 11.1 Å². The molecular weight excluding hydrogens is 214 g/mol. The van der Waals surface area contributed by atoms with Crippen molar-refractivity contribution in [2.45, 2.75) is 20.4 Å². The highest BCUT2D eigenvalue weighted by molar-refractivity contribution is 5.53. The molecule has 0 amide bonds. The minimum absolute atomic E-state index is 0.500. The van der Waals surface area contributed by atoms with Crippen molar-refractivity contribution in [1.82, 2.24) is 15.0 Å². The maximum absolute atomic E-state index is 5.71. The summed E-state index contributed by atoms with van der Waals surface area (Å²) in [5, 5.41) is 3.22. The van der Waals surface area contributed by atoms with E-state index in [9.17, 15) is 0 Å². The molecule has 0 saturated heterocycles. The second kappa shape index (κ2) is 4.78. The average molecular weight is 229 g/mol. The van der Waals surface area contributed by atoms with Gasteiger partial charge in [0.15, 0.2) is 0 Å². The fourth-order valence-electron chi connectivity index (χ4n) is 1.51. The van der Waals surface area contributed by atoms with Gasteiger partial charge in [-0.1, -0.05) is 6.07 Å². The van der Waals surface area contributed by atoms with Crippen molar-refractivity contribution in [2.75, 3.05) is 11.1 Å². The lowest BCUT2D eigenvalue weighted by atomic mass is 10.2. The van der Waals surface area contributed by atoms with Crippen molar-refractivity contribution in [3.63, 3.8) is 0 Å². The molecule has 5 nitrogen and oxygen atoms in total. The van der Waals surface area contributed by atoms with Crippen molar-refractivity contribution in [3.8, 4) is 0 Å². The van der Waals surface area contributed by atoms with E-state index in [1.54, 1.807) is 6.20 Å². The van der Waals surface area contributed by atoms with E-state index in [2.05, 4.69) is 20.3 Å². The van der Waals surface area contributed by atoms with E-state index in [4.69, 9.17) is 5.73 Å². The molecule has 0 aromatic carbocycles. The number of aryl methyl sites for hydroxylation is 1. The minimum atomic E-state index is 0.500. The highest BCUT2D eigenvalue weighted by atomic mass is 15.0. The average Bonchev–Trinajstić information content (AvgIpc) is 2.33. The molecule has 0 saturated carbocycles. The van der Waals surface area contributed by atoms with Gasteiger partial charge in [0, 0.05) is 11.8 Å². The predicted octanol–water partition coefficient (Wildman–Crippen LogP) is 1.68. The van der Waals surface area contributed by atoms with Gasteiger partial charge >= 0.3 is 0 Å². The van der Waals surface area contributed by atoms with Crippen LogP contribution in [-0.2, 0) is 6.54 Å². The lowest BCUT2D eigenvalue weighted by Crippen LogP contribution is -2.08. The first-order chi connectivity index (χ1) is 8.18. The Balaban J connectivity index is 2.13. The van der Waals surface area contributed by atoms with E-state index in [0.29, 0.717) is 12.4 Å². The van der Waals surface area contributed by atoms with Gasteiger partial charge in [-0.3, -0.25) is 4.98 Å². The summed E-state index contributed by atoms with van der Waals surface area (Å²) >= 11 is 0. The first-order valence-corrected chi connectivity index (χ1v) is 5.40. The van der Waals surface area contributed by atoms with Gasteiger partial charge in [0.05, 0.1) is 12.2 Å². The van der Waals surface area contributed by atoms with Crippen molar-refractivity contribution >= 4 is 11.6 Å². The number of nitrogens with two attached hydrogens (primary N) is 1. The molecular formula is C12H15N5. The third kappa shape index (κ3) is 2.50. The predicted molar refractivity (Wildman–Crippen MR) is 67.5 cm³/mol. The van der Waals surface area contributed by atoms with Gasteiger partial charge in [-0.25, -0.2) is 9.97 Å². The number of rotatable bonds is 3. The summed E-state index contributed by atoms with van der Waals surface area (Å²) in [7, 11) is 0. The monoisotopic (exact) mass is 229 g/mol. The number of hydrogen-bond donors (Lipinski definition) is 2. The van der Waals surface area contributed by atoms with Crippen molar-refractivity contribution in [3.05, 3.63) is 41.5 Å². The fraction of sp³-hybridized carbons (Fsp3) is 0.250. The summed E-state index contributed by atoms with van der Waals surface area (Å²) in [5.41, 5.74) is 8.73. The lowest BCUT2D eigenvalue weighted by molar-refractivity contribution is 0.993. The van der Waals surface area contributed by atoms with E-state index < -0.39 is 0 Å². The SMILES string of the molecule is Cc1cccnc1CNc1ncnc(N)c1C. The Hall–Kier alpha value is -2.17. The summed E-state index contributed by atoms with van der Waals surface area (Å²) < 4.78 is 0. The van der Waals surface area contributed by atoms with Gasteiger partial charge in [0.25, 0.3) is 0 Å². The van der Waals surface area contributed by atoms with E-state index in [1.807, 2.05) is 26.0 Å². The summed E-state index contributed by atoms with van der Waals surface area (Å²) in [5.74, 6) is 1.25. The molecule has 0 atom stereocenters. The van der Waals surface area contributed by atoms with Crippen LogP contribution in [0.1, 0.15) is 16.8 Å². The number of nitrogens with one attached hydrogen (secondary N) is 1. The highest BCUT2D eigenvalue weighted by Crippen LogP contribution is 2.16. The molecule has 2 heterocycles. The normalized spacial score (nSPS) is 10.2. The highest BCUT2D eigenvalue weighted by Gasteiger charge is 2.04. The molecule has 0 aliphatic heterocycles. The molecule has 0 spiro atoms. The van der Waals surface area contributed by atoms with Crippen LogP contribution in [0.3, 0.4) is 0 Å². The zero-order valence-electron chi connectivity index (χ0n) is 9.94. The first-order valence-electron chi connectivity index (χ1n) is 5.40. The minimum Gasteiger partial charge on any atom is -0.383 e. The van der Waals surface area contributed by atoms with Gasteiger partial charge < -0.3 is 11.1 Å². The molecule has 0 radical (unpaired) electrons. The Morgan fingerprint density at radius 2 is 2.06 bits per heavy atom. The van der Waals surface area contributed by atoms with E-state index in [1.165, 1.54) is 6.33 Å². The van der Waals surface area contributed by atoms with E-state index in [-0.39, 0.29) is 0 Å². The molecule has 0 aliphatic rings. The number of nitrogen functional groups attached to an aromatic ring is 1. The van der Waals surface area contributed by atoms with Crippen LogP contribution in [0.15, 0.2) is 24.7 Å². The van der Waals surface area contributed by atoms with Crippen LogP contribution in [0.4, 0.5) is 11.6 Å². The van der Waals surface area contributed by atoms with Crippen LogP contribution in [0.25, 0.3) is 0 Å². The zero-order chi connectivity index (χ0) is 12.3. The van der Waals surface area contributed by atoms with Crippen molar-refractivity contribution < 1.29 is 0 Å². The Bertz CT molecular complexity index is 524. The first kappa shape index (κ1) is 11.3. The molecule has 0 aliphatic carbocycles. The summed E-state index contributed by atoms with van der Waals surface area (Å²) in [4.78, 5) is 12.4. The number of anilines is 2. The molecule has 2 rings (SSSR count). The molecule has 88 valence electrons. The molecule has 17 heavy (non-hydrogen) atoms. The molecule has 2 aromatic heterocycles. The number of pyridine rings is 1. The van der Waals surface area contributed by atoms with Gasteiger partial charge in [-0.2, -0.15) is 0 Å². The third-order valence-corrected chi connectivity index (χ3v) is 2.66. The second-order valence-corrected chi connectivity index (χ2v) is 3.85. The maximum atomic E-state index is 5.71. The van der Waals surface area contributed by atoms with Crippen LogP contribution in [0.2, 0.25) is 0 Å². The Labute approximate surface area is 100 Å². The smallest absolute Gasteiger partial charge is 0.134 e. The van der Waals surface area contributed by atoms with Crippen LogP contribution in [0, 0.1) is 13.8 Å². The number of aromatic nitrogens is 3. The van der Waals surface area contributed by atoms with Gasteiger partial charge in [0.1, 0.15) is 18.0 Å². The second-order valence-electron chi connectivity index (χ2n) is 3.85. The molecule has 0 fully saturated rings. The van der Waals surface area contributed by atoms with Gasteiger partial charge in [0.2, 0.25) is 0 Å². The maximum Gasteiger partial charge on any atom is 0.134 e. The molecule has 0 bridgehead atoms. The third-order valence-electron chi connectivity index (χ3n) is 2.66. The topological polar surface area (TPSA) is 76.7 Å². The van der Waals surface area contributed by atoms with Crippen LogP contribution in [0.5, 0.6) is 0 Å². The quantitative estimate of drug-likeness (QED) is 0.837. The van der Waals surface area contributed by atoms with Gasteiger partial charge in [-0.05, 0) is 25.5 Å². The standard InChI is InChI=1S/C12H15N5/c1-8-4-3-5-14-10(8)6-15-12-9(2)11(13)16-7-17-12/h3-5,7H,6H2,1-2H3,(H3,13,15,16,17). The summed E-state index contributed by atoms with van der Waals surface area (Å²) in [6.45, 7) is 4.55. The molecule has 5 heteroatoms. The Morgan fingerprint density at radius 1 is 1.24 bits per heavy atom. The Kier molecular flexibility index (Phi) is 3.18. The van der Waals surface area contributed by atoms with Crippen molar-refractivity contribution in [1.29, 1.82) is 0 Å². The largest absolute Gasteiger partial charge is 0.383 e. The lowest BCUT2D eigenvalue weighted by Gasteiger charge is -2.10. The summed E-state index contributed by atoms with van der Waals surface area (Å²) in [6, 6.07) is 3.96. The molecule has 2 aromatic rings.